The van der Waals surface area contributed by atoms with Gasteiger partial charge in [0.2, 0.25) is 5.28 Å². The van der Waals surface area contributed by atoms with Gasteiger partial charge in [-0.1, -0.05) is 0 Å². The van der Waals surface area contributed by atoms with Gasteiger partial charge >= 0.3 is 0 Å². The number of hydrogen-bond acceptors (Lipinski definition) is 4. The number of nitrogens with one attached hydrogen (secondary N) is 1. The second-order valence-electron chi connectivity index (χ2n) is 3.92. The van der Waals surface area contributed by atoms with E-state index in [4.69, 9.17) is 11.6 Å². The average Bonchev–Trinajstić information content (AvgIpc) is 2.70. The van der Waals surface area contributed by atoms with Gasteiger partial charge in [0, 0.05) is 19.8 Å². The third kappa shape index (κ3) is 2.79. The van der Waals surface area contributed by atoms with E-state index in [2.05, 4.69) is 20.2 Å². The van der Waals surface area contributed by atoms with Crippen LogP contribution in [0.5, 0.6) is 0 Å². The van der Waals surface area contributed by atoms with Crippen LogP contribution in [0.1, 0.15) is 6.42 Å². The Hall–Kier alpha value is -0.870. The minimum absolute atomic E-state index is 0.309. The number of hydrogen-bond donors (Lipinski definition) is 1. The Balaban J connectivity index is 1.97. The van der Waals surface area contributed by atoms with E-state index in [1.807, 2.05) is 13.1 Å². The highest BCUT2D eigenvalue weighted by Gasteiger charge is 2.17. The maximum atomic E-state index is 5.74. The Morgan fingerprint density at radius 1 is 1.67 bits per heavy atom. The lowest BCUT2D eigenvalue weighted by Gasteiger charge is -2.21. The smallest absolute Gasteiger partial charge is 0.224 e. The number of halogens is 1. The lowest BCUT2D eigenvalue weighted by molar-refractivity contribution is 0.575. The van der Waals surface area contributed by atoms with Gasteiger partial charge in [0.15, 0.2) is 0 Å². The van der Waals surface area contributed by atoms with E-state index < -0.39 is 0 Å². The van der Waals surface area contributed by atoms with Crippen molar-refractivity contribution >= 4 is 17.4 Å². The van der Waals surface area contributed by atoms with Gasteiger partial charge in [-0.15, -0.1) is 0 Å². The van der Waals surface area contributed by atoms with E-state index in [1.54, 1.807) is 6.20 Å². The molecule has 1 aromatic rings. The van der Waals surface area contributed by atoms with Crippen molar-refractivity contribution in [1.82, 2.24) is 15.3 Å². The molecule has 1 aliphatic heterocycles. The summed E-state index contributed by atoms with van der Waals surface area (Å²) in [6.45, 7) is 3.24. The fourth-order valence-electron chi connectivity index (χ4n) is 1.89. The van der Waals surface area contributed by atoms with Crippen LogP contribution in [-0.4, -0.2) is 36.6 Å². The molecule has 0 amide bonds. The van der Waals surface area contributed by atoms with Crippen LogP contribution in [-0.2, 0) is 0 Å². The number of rotatable bonds is 3. The van der Waals surface area contributed by atoms with Gasteiger partial charge in [0.1, 0.15) is 5.82 Å². The number of aromatic nitrogens is 2. The standard InChI is InChI=1S/C10H15ClN4/c1-15(7-8-2-4-12-6-8)9-3-5-13-10(11)14-9/h3,5,8,12H,2,4,6-7H2,1H3. The van der Waals surface area contributed by atoms with E-state index in [-0.39, 0.29) is 0 Å². The van der Waals surface area contributed by atoms with E-state index in [9.17, 15) is 0 Å². The van der Waals surface area contributed by atoms with Gasteiger partial charge in [0.25, 0.3) is 0 Å². The molecule has 15 heavy (non-hydrogen) atoms. The minimum Gasteiger partial charge on any atom is -0.359 e. The van der Waals surface area contributed by atoms with Crippen LogP contribution < -0.4 is 10.2 Å². The molecule has 0 aliphatic carbocycles. The highest BCUT2D eigenvalue weighted by atomic mass is 35.5. The average molecular weight is 227 g/mol. The molecule has 1 saturated heterocycles. The van der Waals surface area contributed by atoms with Crippen LogP contribution in [0.3, 0.4) is 0 Å². The first-order chi connectivity index (χ1) is 7.25. The van der Waals surface area contributed by atoms with Gasteiger partial charge in [-0.05, 0) is 43.1 Å². The first-order valence-corrected chi connectivity index (χ1v) is 5.54. The summed E-state index contributed by atoms with van der Waals surface area (Å²) in [5.41, 5.74) is 0. The third-order valence-corrected chi connectivity index (χ3v) is 2.88. The van der Waals surface area contributed by atoms with Gasteiger partial charge in [-0.3, -0.25) is 0 Å². The molecule has 1 N–H and O–H groups in total. The lowest BCUT2D eigenvalue weighted by atomic mass is 10.1. The molecular formula is C10H15ClN4. The zero-order valence-electron chi connectivity index (χ0n) is 8.78. The van der Waals surface area contributed by atoms with Crippen molar-refractivity contribution in [3.63, 3.8) is 0 Å². The Morgan fingerprint density at radius 3 is 3.20 bits per heavy atom. The van der Waals surface area contributed by atoms with Crippen molar-refractivity contribution in [3.05, 3.63) is 17.5 Å². The molecule has 0 spiro atoms. The number of nitrogens with zero attached hydrogens (tertiary/aromatic N) is 3. The molecule has 1 aromatic heterocycles. The predicted octanol–water partition coefficient (Wildman–Crippen LogP) is 1.18. The fourth-order valence-corrected chi connectivity index (χ4v) is 2.03. The summed E-state index contributed by atoms with van der Waals surface area (Å²) in [6.07, 6.45) is 2.93. The molecular weight excluding hydrogens is 212 g/mol. The Morgan fingerprint density at radius 2 is 2.53 bits per heavy atom. The number of anilines is 1. The summed E-state index contributed by atoms with van der Waals surface area (Å²) in [4.78, 5) is 10.2. The molecule has 0 bridgehead atoms. The largest absolute Gasteiger partial charge is 0.359 e. The van der Waals surface area contributed by atoms with Crippen LogP contribution in [0.4, 0.5) is 5.82 Å². The van der Waals surface area contributed by atoms with E-state index in [1.165, 1.54) is 6.42 Å². The van der Waals surface area contributed by atoms with Crippen LogP contribution in [0.2, 0.25) is 5.28 Å². The van der Waals surface area contributed by atoms with Gasteiger partial charge in [-0.25, -0.2) is 9.97 Å². The summed E-state index contributed by atoms with van der Waals surface area (Å²) in [6, 6.07) is 1.88. The maximum absolute atomic E-state index is 5.74. The normalized spacial score (nSPS) is 20.5. The highest BCUT2D eigenvalue weighted by molar-refractivity contribution is 6.28. The second-order valence-corrected chi connectivity index (χ2v) is 4.26. The molecule has 0 radical (unpaired) electrons. The lowest BCUT2D eigenvalue weighted by Crippen LogP contribution is -2.27. The Bertz CT molecular complexity index is 325. The first-order valence-electron chi connectivity index (χ1n) is 5.16. The first kappa shape index (κ1) is 10.6. The van der Waals surface area contributed by atoms with Crippen LogP contribution in [0, 0.1) is 5.92 Å². The molecule has 0 saturated carbocycles. The zero-order valence-corrected chi connectivity index (χ0v) is 9.54. The van der Waals surface area contributed by atoms with Crippen LogP contribution >= 0.6 is 11.6 Å². The highest BCUT2D eigenvalue weighted by Crippen LogP contribution is 2.15. The van der Waals surface area contributed by atoms with Gasteiger partial charge < -0.3 is 10.2 Å². The van der Waals surface area contributed by atoms with Crippen molar-refractivity contribution in [2.24, 2.45) is 5.92 Å². The molecule has 2 rings (SSSR count). The summed E-state index contributed by atoms with van der Waals surface area (Å²) in [7, 11) is 2.04. The molecule has 0 aromatic carbocycles. The Labute approximate surface area is 94.7 Å². The summed E-state index contributed by atoms with van der Waals surface area (Å²) < 4.78 is 0. The molecule has 1 atom stereocenters. The van der Waals surface area contributed by atoms with Crippen molar-refractivity contribution < 1.29 is 0 Å². The maximum Gasteiger partial charge on any atom is 0.224 e. The van der Waals surface area contributed by atoms with Crippen molar-refractivity contribution in [2.45, 2.75) is 6.42 Å². The second kappa shape index (κ2) is 4.77. The van der Waals surface area contributed by atoms with Crippen molar-refractivity contribution in [1.29, 1.82) is 0 Å². The Kier molecular flexibility index (Phi) is 3.38. The third-order valence-electron chi connectivity index (χ3n) is 2.70. The van der Waals surface area contributed by atoms with E-state index >= 15 is 0 Å². The molecule has 5 heteroatoms. The molecule has 2 heterocycles. The quantitative estimate of drug-likeness (QED) is 0.786. The van der Waals surface area contributed by atoms with Gasteiger partial charge in [0.05, 0.1) is 0 Å². The van der Waals surface area contributed by atoms with E-state index in [0.717, 1.165) is 25.5 Å². The van der Waals surface area contributed by atoms with Crippen LogP contribution in [0.25, 0.3) is 0 Å². The molecule has 82 valence electrons. The summed E-state index contributed by atoms with van der Waals surface area (Å²) in [5, 5.41) is 3.66. The predicted molar refractivity (Wildman–Crippen MR) is 61.3 cm³/mol. The van der Waals surface area contributed by atoms with E-state index in [0.29, 0.717) is 11.2 Å². The molecule has 4 nitrogen and oxygen atoms in total. The molecule has 1 unspecified atom stereocenters. The fraction of sp³-hybridized carbons (Fsp3) is 0.600. The zero-order chi connectivity index (χ0) is 10.7. The van der Waals surface area contributed by atoms with Gasteiger partial charge in [-0.2, -0.15) is 0 Å². The summed E-state index contributed by atoms with van der Waals surface area (Å²) >= 11 is 5.74. The molecule has 1 aliphatic rings. The topological polar surface area (TPSA) is 41.0 Å². The van der Waals surface area contributed by atoms with Crippen LogP contribution in [0.15, 0.2) is 12.3 Å². The summed E-state index contributed by atoms with van der Waals surface area (Å²) in [5.74, 6) is 1.60. The SMILES string of the molecule is CN(CC1CCNC1)c1ccnc(Cl)n1. The van der Waals surface area contributed by atoms with Crippen molar-refractivity contribution in [2.75, 3.05) is 31.6 Å². The molecule has 1 fully saturated rings. The minimum atomic E-state index is 0.309. The monoisotopic (exact) mass is 226 g/mol. The van der Waals surface area contributed by atoms with Crippen molar-refractivity contribution in [3.8, 4) is 0 Å².